The predicted octanol–water partition coefficient (Wildman–Crippen LogP) is -0.810. The van der Waals surface area contributed by atoms with Gasteiger partial charge in [-0.25, -0.2) is 9.78 Å². The van der Waals surface area contributed by atoms with Crippen molar-refractivity contribution >= 4 is 22.0 Å². The molecule has 0 aliphatic heterocycles. The number of hydrogen-bond donors (Lipinski definition) is 4. The average molecular weight is 305 g/mol. The standard InChI is InChI=1S/C10H15N3O6S/c14-9(2-1-3-20(17,18)19)13-8(10(15)16)4-7-5-11-6-12-7/h5-6,8H,1-4H2,(H,11,12)(H,13,14)(H,15,16)(H,17,18,19)/t8-/m0/s1. The van der Waals surface area contributed by atoms with Crippen LogP contribution in [0.4, 0.5) is 0 Å². The number of carboxylic acid groups (broad SMARTS) is 1. The van der Waals surface area contributed by atoms with E-state index in [0.717, 1.165) is 0 Å². The van der Waals surface area contributed by atoms with Crippen molar-refractivity contribution in [2.75, 3.05) is 5.75 Å². The van der Waals surface area contributed by atoms with E-state index in [-0.39, 0.29) is 19.3 Å². The molecule has 0 spiro atoms. The number of aromatic amines is 1. The van der Waals surface area contributed by atoms with Crippen molar-refractivity contribution in [1.29, 1.82) is 0 Å². The first-order valence-corrected chi connectivity index (χ1v) is 7.33. The molecule has 1 heterocycles. The Balaban J connectivity index is 2.45. The third kappa shape index (κ3) is 6.29. The van der Waals surface area contributed by atoms with Gasteiger partial charge in [-0.3, -0.25) is 9.35 Å². The lowest BCUT2D eigenvalue weighted by atomic mass is 10.1. The molecule has 20 heavy (non-hydrogen) atoms. The molecule has 4 N–H and O–H groups in total. The molecule has 0 aliphatic carbocycles. The molecular formula is C10H15N3O6S. The van der Waals surface area contributed by atoms with Crippen molar-refractivity contribution in [3.8, 4) is 0 Å². The average Bonchev–Trinajstić information content (AvgIpc) is 2.79. The largest absolute Gasteiger partial charge is 0.480 e. The third-order valence-electron chi connectivity index (χ3n) is 2.42. The van der Waals surface area contributed by atoms with Gasteiger partial charge in [-0.15, -0.1) is 0 Å². The number of rotatable bonds is 8. The first kappa shape index (κ1) is 16.1. The van der Waals surface area contributed by atoms with Gasteiger partial charge in [-0.2, -0.15) is 8.42 Å². The van der Waals surface area contributed by atoms with Crippen molar-refractivity contribution in [2.24, 2.45) is 0 Å². The van der Waals surface area contributed by atoms with E-state index in [1.54, 1.807) is 0 Å². The summed E-state index contributed by atoms with van der Waals surface area (Å²) < 4.78 is 29.5. The van der Waals surface area contributed by atoms with E-state index in [4.69, 9.17) is 9.66 Å². The molecule has 10 heteroatoms. The maximum Gasteiger partial charge on any atom is 0.326 e. The maximum atomic E-state index is 11.5. The molecule has 0 radical (unpaired) electrons. The molecular weight excluding hydrogens is 290 g/mol. The second-order valence-electron chi connectivity index (χ2n) is 4.13. The number of hydrogen-bond acceptors (Lipinski definition) is 5. The fraction of sp³-hybridized carbons (Fsp3) is 0.500. The van der Waals surface area contributed by atoms with Gasteiger partial charge in [-0.05, 0) is 6.42 Å². The monoisotopic (exact) mass is 305 g/mol. The molecule has 1 rings (SSSR count). The van der Waals surface area contributed by atoms with E-state index in [2.05, 4.69) is 15.3 Å². The summed E-state index contributed by atoms with van der Waals surface area (Å²) in [4.78, 5) is 29.0. The summed E-state index contributed by atoms with van der Waals surface area (Å²) in [5.74, 6) is -2.35. The van der Waals surface area contributed by atoms with Gasteiger partial charge in [0.2, 0.25) is 5.91 Å². The van der Waals surface area contributed by atoms with Gasteiger partial charge in [-0.1, -0.05) is 0 Å². The summed E-state index contributed by atoms with van der Waals surface area (Å²) in [6, 6.07) is -1.13. The molecule has 0 aliphatic rings. The SMILES string of the molecule is O=C(CCCS(=O)(=O)O)N[C@@H](Cc1cnc[nH]1)C(=O)O. The fourth-order valence-electron chi connectivity index (χ4n) is 1.50. The van der Waals surface area contributed by atoms with Crippen LogP contribution < -0.4 is 5.32 Å². The van der Waals surface area contributed by atoms with Crippen LogP contribution >= 0.6 is 0 Å². The molecule has 1 atom stereocenters. The van der Waals surface area contributed by atoms with Crippen molar-refractivity contribution in [2.45, 2.75) is 25.3 Å². The first-order valence-electron chi connectivity index (χ1n) is 5.72. The van der Waals surface area contributed by atoms with Gasteiger partial charge in [0.15, 0.2) is 0 Å². The molecule has 0 saturated heterocycles. The van der Waals surface area contributed by atoms with Gasteiger partial charge in [0.05, 0.1) is 12.1 Å². The highest BCUT2D eigenvalue weighted by Crippen LogP contribution is 2.01. The van der Waals surface area contributed by atoms with Crippen LogP contribution in [-0.4, -0.2) is 51.7 Å². The van der Waals surface area contributed by atoms with E-state index in [0.29, 0.717) is 5.69 Å². The van der Waals surface area contributed by atoms with Gasteiger partial charge in [0.1, 0.15) is 6.04 Å². The zero-order valence-electron chi connectivity index (χ0n) is 10.4. The van der Waals surface area contributed by atoms with Gasteiger partial charge in [0.25, 0.3) is 10.1 Å². The van der Waals surface area contributed by atoms with Crippen LogP contribution in [0.15, 0.2) is 12.5 Å². The second-order valence-corrected chi connectivity index (χ2v) is 5.70. The minimum Gasteiger partial charge on any atom is -0.480 e. The van der Waals surface area contributed by atoms with Crippen LogP contribution in [-0.2, 0) is 26.1 Å². The number of carbonyl (C=O) groups is 2. The minimum absolute atomic E-state index is 0.0410. The highest BCUT2D eigenvalue weighted by molar-refractivity contribution is 7.85. The summed E-state index contributed by atoms with van der Waals surface area (Å²) in [5, 5.41) is 11.3. The Hall–Kier alpha value is -1.94. The fourth-order valence-corrected chi connectivity index (χ4v) is 2.01. The highest BCUT2D eigenvalue weighted by atomic mass is 32.2. The van der Waals surface area contributed by atoms with Crippen LogP contribution in [0.3, 0.4) is 0 Å². The number of aliphatic carboxylic acids is 1. The number of carboxylic acids is 1. The van der Waals surface area contributed by atoms with Crippen LogP contribution in [0, 0.1) is 0 Å². The molecule has 1 amide bonds. The van der Waals surface area contributed by atoms with Crippen molar-refractivity contribution in [1.82, 2.24) is 15.3 Å². The molecule has 1 aromatic heterocycles. The normalized spacial score (nSPS) is 12.8. The molecule has 0 bridgehead atoms. The summed E-state index contributed by atoms with van der Waals surface area (Å²) >= 11 is 0. The van der Waals surface area contributed by atoms with Crippen LogP contribution in [0.25, 0.3) is 0 Å². The molecule has 9 nitrogen and oxygen atoms in total. The van der Waals surface area contributed by atoms with E-state index >= 15 is 0 Å². The van der Waals surface area contributed by atoms with Gasteiger partial charge >= 0.3 is 5.97 Å². The zero-order valence-corrected chi connectivity index (χ0v) is 11.3. The van der Waals surface area contributed by atoms with E-state index < -0.39 is 33.8 Å². The van der Waals surface area contributed by atoms with Gasteiger partial charge in [0, 0.05) is 24.7 Å². The Kier molecular flexibility index (Phi) is 5.65. The molecule has 0 saturated carbocycles. The lowest BCUT2D eigenvalue weighted by Crippen LogP contribution is -2.42. The first-order chi connectivity index (χ1) is 9.28. The number of nitrogens with zero attached hydrogens (tertiary/aromatic N) is 1. The van der Waals surface area contributed by atoms with E-state index in [1.165, 1.54) is 12.5 Å². The summed E-state index contributed by atoms with van der Waals surface area (Å²) in [6.07, 6.45) is 2.61. The number of H-pyrrole nitrogens is 1. The lowest BCUT2D eigenvalue weighted by molar-refractivity contribution is -0.141. The van der Waals surface area contributed by atoms with Crippen LogP contribution in [0.1, 0.15) is 18.5 Å². The maximum absolute atomic E-state index is 11.5. The third-order valence-corrected chi connectivity index (χ3v) is 3.22. The second kappa shape index (κ2) is 7.01. The Morgan fingerprint density at radius 1 is 1.45 bits per heavy atom. The van der Waals surface area contributed by atoms with Crippen molar-refractivity contribution in [3.05, 3.63) is 18.2 Å². The minimum atomic E-state index is -4.12. The Morgan fingerprint density at radius 2 is 2.15 bits per heavy atom. The lowest BCUT2D eigenvalue weighted by Gasteiger charge is -2.13. The molecule has 0 fully saturated rings. The van der Waals surface area contributed by atoms with Crippen LogP contribution in [0.5, 0.6) is 0 Å². The van der Waals surface area contributed by atoms with Crippen molar-refractivity contribution in [3.63, 3.8) is 0 Å². The number of aromatic nitrogens is 2. The Bertz CT molecular complexity index is 554. The van der Waals surface area contributed by atoms with E-state index in [9.17, 15) is 18.0 Å². The Labute approximate surface area is 115 Å². The predicted molar refractivity (Wildman–Crippen MR) is 67.5 cm³/mol. The summed E-state index contributed by atoms with van der Waals surface area (Å²) in [6.45, 7) is 0. The topological polar surface area (TPSA) is 149 Å². The number of imidazole rings is 1. The van der Waals surface area contributed by atoms with E-state index in [1.807, 2.05) is 0 Å². The number of nitrogens with one attached hydrogen (secondary N) is 2. The number of amides is 1. The molecule has 112 valence electrons. The van der Waals surface area contributed by atoms with Gasteiger partial charge < -0.3 is 15.4 Å². The summed E-state index contributed by atoms with van der Waals surface area (Å²) in [7, 11) is -4.12. The van der Waals surface area contributed by atoms with Crippen LogP contribution in [0.2, 0.25) is 0 Å². The molecule has 1 aromatic rings. The molecule has 0 aromatic carbocycles. The Morgan fingerprint density at radius 3 is 2.65 bits per heavy atom. The smallest absolute Gasteiger partial charge is 0.326 e. The zero-order chi connectivity index (χ0) is 15.2. The number of carbonyl (C=O) groups excluding carboxylic acids is 1. The quantitative estimate of drug-likeness (QED) is 0.459. The highest BCUT2D eigenvalue weighted by Gasteiger charge is 2.21. The summed E-state index contributed by atoms with van der Waals surface area (Å²) in [5.41, 5.74) is 0.552. The van der Waals surface area contributed by atoms with Crippen molar-refractivity contribution < 1.29 is 27.7 Å². The molecule has 0 unspecified atom stereocenters.